The minimum absolute atomic E-state index is 0.134. The van der Waals surface area contributed by atoms with Crippen molar-refractivity contribution >= 4 is 45.4 Å². The molecule has 0 aromatic heterocycles. The number of sulfonamides is 1. The van der Waals surface area contributed by atoms with Gasteiger partial charge >= 0.3 is 6.16 Å². The molecule has 184 valence electrons. The van der Waals surface area contributed by atoms with Crippen LogP contribution in [0, 0.1) is 0 Å². The van der Waals surface area contributed by atoms with Crippen molar-refractivity contribution in [2.24, 2.45) is 5.10 Å². The lowest BCUT2D eigenvalue weighted by Crippen LogP contribution is -2.26. The highest BCUT2D eigenvalue weighted by Crippen LogP contribution is 2.28. The minimum Gasteiger partial charge on any atom is -0.493 e. The molecule has 2 aromatic rings. The van der Waals surface area contributed by atoms with Crippen molar-refractivity contribution in [3.05, 3.63) is 48.0 Å². The van der Waals surface area contributed by atoms with Crippen molar-refractivity contribution < 1.29 is 27.4 Å². The molecule has 12 heteroatoms. The summed E-state index contributed by atoms with van der Waals surface area (Å²) in [5, 5.41) is 7.10. The molecule has 0 saturated heterocycles. The first-order chi connectivity index (χ1) is 15.8. The third-order valence-corrected chi connectivity index (χ3v) is 6.03. The first kappa shape index (κ1) is 27.0. The molecule has 2 N–H and O–H groups in total. The number of benzene rings is 2. The molecule has 34 heavy (non-hydrogen) atoms. The Bertz CT molecular complexity index is 1170. The average Bonchev–Trinajstić information content (AvgIpc) is 2.73. The lowest BCUT2D eigenvalue weighted by molar-refractivity contribution is 0.0201. The summed E-state index contributed by atoms with van der Waals surface area (Å²) in [6.45, 7) is 5.21. The van der Waals surface area contributed by atoms with Gasteiger partial charge in [-0.05, 0) is 75.0 Å². The second-order valence-electron chi connectivity index (χ2n) is 8.12. The number of nitrogens with zero attached hydrogens (tertiary/aromatic N) is 2. The van der Waals surface area contributed by atoms with Crippen LogP contribution in [0.2, 0.25) is 0 Å². The van der Waals surface area contributed by atoms with Crippen molar-refractivity contribution in [2.45, 2.75) is 31.3 Å². The van der Waals surface area contributed by atoms with Crippen LogP contribution in [-0.4, -0.2) is 57.0 Å². The number of carbonyl (C=O) groups is 1. The van der Waals surface area contributed by atoms with Gasteiger partial charge in [0.05, 0.1) is 18.2 Å². The van der Waals surface area contributed by atoms with Crippen LogP contribution in [0.4, 0.5) is 10.5 Å². The number of rotatable bonds is 7. The fraction of sp³-hybridized carbons (Fsp3) is 0.318. The maximum Gasteiger partial charge on any atom is 0.514 e. The molecule has 0 amide bonds. The minimum atomic E-state index is -3.57. The Balaban J connectivity index is 2.01. The zero-order chi connectivity index (χ0) is 25.5. The van der Waals surface area contributed by atoms with Crippen LogP contribution in [0.1, 0.15) is 26.3 Å². The van der Waals surface area contributed by atoms with E-state index in [1.807, 2.05) is 0 Å². The van der Waals surface area contributed by atoms with Gasteiger partial charge in [0.25, 0.3) is 0 Å². The number of hydrogen-bond donors (Lipinski definition) is 2. The average molecular weight is 509 g/mol. The van der Waals surface area contributed by atoms with Crippen molar-refractivity contribution in [3.63, 3.8) is 0 Å². The van der Waals surface area contributed by atoms with Gasteiger partial charge in [0, 0.05) is 19.8 Å². The molecule has 0 heterocycles. The maximum atomic E-state index is 12.3. The Labute approximate surface area is 204 Å². The van der Waals surface area contributed by atoms with Crippen molar-refractivity contribution in [2.75, 3.05) is 26.5 Å². The monoisotopic (exact) mass is 508 g/mol. The van der Waals surface area contributed by atoms with Gasteiger partial charge in [-0.1, -0.05) is 6.07 Å². The second-order valence-corrected chi connectivity index (χ2v) is 10.7. The third-order valence-electron chi connectivity index (χ3n) is 4.02. The van der Waals surface area contributed by atoms with E-state index in [1.54, 1.807) is 51.1 Å². The van der Waals surface area contributed by atoms with Crippen LogP contribution in [0.5, 0.6) is 11.5 Å². The van der Waals surface area contributed by atoms with Crippen LogP contribution >= 0.6 is 12.2 Å². The summed E-state index contributed by atoms with van der Waals surface area (Å²) in [5.74, 6) is 0.515. The van der Waals surface area contributed by atoms with Gasteiger partial charge in [-0.15, -0.1) is 0 Å². The van der Waals surface area contributed by atoms with Crippen LogP contribution in [0.25, 0.3) is 0 Å². The molecular formula is C22H28N4O6S2. The Kier molecular flexibility index (Phi) is 8.96. The molecule has 0 spiro atoms. The van der Waals surface area contributed by atoms with Crippen LogP contribution in [0.3, 0.4) is 0 Å². The van der Waals surface area contributed by atoms with E-state index in [9.17, 15) is 13.2 Å². The summed E-state index contributed by atoms with van der Waals surface area (Å²) >= 11 is 5.21. The molecule has 0 fully saturated rings. The summed E-state index contributed by atoms with van der Waals surface area (Å²) in [6, 6.07) is 11.1. The zero-order valence-corrected chi connectivity index (χ0v) is 21.4. The number of nitrogens with one attached hydrogen (secondary N) is 2. The Morgan fingerprint density at radius 1 is 1.12 bits per heavy atom. The molecule has 2 rings (SSSR count). The molecular weight excluding hydrogens is 480 g/mol. The highest BCUT2D eigenvalue weighted by molar-refractivity contribution is 7.89. The van der Waals surface area contributed by atoms with Crippen molar-refractivity contribution in [3.8, 4) is 11.5 Å². The number of thiocarbonyl (C=S) groups is 1. The topological polar surface area (TPSA) is 119 Å². The number of anilines is 1. The highest BCUT2D eigenvalue weighted by Gasteiger charge is 2.20. The molecule has 0 aliphatic heterocycles. The lowest BCUT2D eigenvalue weighted by Gasteiger charge is -2.19. The Morgan fingerprint density at radius 2 is 1.82 bits per heavy atom. The van der Waals surface area contributed by atoms with E-state index in [0.29, 0.717) is 17.0 Å². The van der Waals surface area contributed by atoms with Gasteiger partial charge in [0.1, 0.15) is 5.60 Å². The molecule has 10 nitrogen and oxygen atoms in total. The Morgan fingerprint density at radius 3 is 2.44 bits per heavy atom. The standard InChI is InChI=1S/C22H28N4O6S2/c1-22(2,3)32-21(27)31-18-11-10-15(12-19(18)30-6)14-23-25-20(33)24-16-8-7-9-17(13-16)34(28,29)26(4)5/h7-14H,1-6H3,(H2,24,25,33)/b23-14+. The van der Waals surface area contributed by atoms with E-state index >= 15 is 0 Å². The van der Waals surface area contributed by atoms with E-state index < -0.39 is 21.8 Å². The predicted molar refractivity (Wildman–Crippen MR) is 134 cm³/mol. The molecule has 0 unspecified atom stereocenters. The quantitative estimate of drug-likeness (QED) is 0.190. The number of ether oxygens (including phenoxy) is 3. The summed E-state index contributed by atoms with van der Waals surface area (Å²) in [7, 11) is 0.798. The van der Waals surface area contributed by atoms with E-state index in [4.69, 9.17) is 26.4 Å². The molecule has 0 aliphatic rings. The summed E-state index contributed by atoms with van der Waals surface area (Å²) in [6.07, 6.45) is 0.647. The molecule has 2 aromatic carbocycles. The predicted octanol–water partition coefficient (Wildman–Crippen LogP) is 3.58. The zero-order valence-electron chi connectivity index (χ0n) is 19.8. The van der Waals surface area contributed by atoms with Crippen molar-refractivity contribution in [1.29, 1.82) is 0 Å². The molecule has 0 radical (unpaired) electrons. The first-order valence-corrected chi connectivity index (χ1v) is 11.9. The normalized spacial score (nSPS) is 11.9. The van der Waals surface area contributed by atoms with Crippen LogP contribution in [-0.2, 0) is 14.8 Å². The van der Waals surface area contributed by atoms with Crippen LogP contribution in [0.15, 0.2) is 52.5 Å². The first-order valence-electron chi connectivity index (χ1n) is 10.0. The van der Waals surface area contributed by atoms with E-state index in [1.165, 1.54) is 39.6 Å². The SMILES string of the molecule is COc1cc(/C=N/NC(=S)Nc2cccc(S(=O)(=O)N(C)C)c2)ccc1OC(=O)OC(C)(C)C. The highest BCUT2D eigenvalue weighted by atomic mass is 32.2. The number of carbonyl (C=O) groups excluding carboxylic acids is 1. The molecule has 0 atom stereocenters. The number of methoxy groups -OCH3 is 1. The maximum absolute atomic E-state index is 12.3. The van der Waals surface area contributed by atoms with Gasteiger partial charge in [-0.3, -0.25) is 5.43 Å². The largest absolute Gasteiger partial charge is 0.514 e. The van der Waals surface area contributed by atoms with E-state index in [-0.39, 0.29) is 15.8 Å². The summed E-state index contributed by atoms with van der Waals surface area (Å²) < 4.78 is 41.3. The van der Waals surface area contributed by atoms with Gasteiger partial charge in [0.15, 0.2) is 16.6 Å². The number of hydrazone groups is 1. The van der Waals surface area contributed by atoms with Gasteiger partial charge in [-0.25, -0.2) is 17.5 Å². The Hall–Kier alpha value is -3.22. The number of hydrogen-bond acceptors (Lipinski definition) is 8. The lowest BCUT2D eigenvalue weighted by atomic mass is 10.2. The fourth-order valence-corrected chi connectivity index (χ4v) is 3.60. The summed E-state index contributed by atoms with van der Waals surface area (Å²) in [4.78, 5) is 12.0. The fourth-order valence-electron chi connectivity index (χ4n) is 2.48. The molecule has 0 bridgehead atoms. The van der Waals surface area contributed by atoms with Gasteiger partial charge < -0.3 is 19.5 Å². The molecule has 0 saturated carbocycles. The van der Waals surface area contributed by atoms with Gasteiger partial charge in [-0.2, -0.15) is 5.10 Å². The van der Waals surface area contributed by atoms with Crippen LogP contribution < -0.4 is 20.2 Å². The summed E-state index contributed by atoms with van der Waals surface area (Å²) in [5.41, 5.74) is 3.10. The van der Waals surface area contributed by atoms with E-state index in [2.05, 4.69) is 15.8 Å². The van der Waals surface area contributed by atoms with Crippen molar-refractivity contribution in [1.82, 2.24) is 9.73 Å². The molecule has 0 aliphatic carbocycles. The van der Waals surface area contributed by atoms with Gasteiger partial charge in [0.2, 0.25) is 10.0 Å². The third kappa shape index (κ3) is 7.97. The smallest absolute Gasteiger partial charge is 0.493 e. The van der Waals surface area contributed by atoms with E-state index in [0.717, 1.165) is 4.31 Å². The second kappa shape index (κ2) is 11.3.